The third-order valence-electron chi connectivity index (χ3n) is 6.02. The first-order chi connectivity index (χ1) is 16.7. The van der Waals surface area contributed by atoms with Crippen LogP contribution in [-0.2, 0) is 34.0 Å². The molecule has 0 spiro atoms. The maximum Gasteiger partial charge on any atom is 0.410 e. The Bertz CT molecular complexity index is 999. The fraction of sp³-hybridized carbons (Fsp3) is 0.321. The number of aliphatic hydroxyl groups excluding tert-OH is 1. The van der Waals surface area contributed by atoms with Gasteiger partial charge in [0.1, 0.15) is 12.7 Å². The number of likely N-dealkylation sites (tertiary alicyclic amines) is 1. The van der Waals surface area contributed by atoms with Crippen LogP contribution < -0.4 is 0 Å². The lowest BCUT2D eigenvalue weighted by Gasteiger charge is -2.43. The molecule has 4 rings (SSSR count). The van der Waals surface area contributed by atoms with Crippen molar-refractivity contribution in [1.29, 1.82) is 0 Å². The molecule has 1 fully saturated rings. The van der Waals surface area contributed by atoms with Gasteiger partial charge in [0.25, 0.3) is 0 Å². The average Bonchev–Trinajstić information content (AvgIpc) is 2.90. The highest BCUT2D eigenvalue weighted by molar-refractivity contribution is 5.68. The molecule has 0 bridgehead atoms. The van der Waals surface area contributed by atoms with Crippen LogP contribution in [0.4, 0.5) is 4.79 Å². The maximum atomic E-state index is 12.9. The summed E-state index contributed by atoms with van der Waals surface area (Å²) in [5.41, 5.74) is 2.99. The highest BCUT2D eigenvalue weighted by Gasteiger charge is 2.42. The number of hydrogen-bond donors (Lipinski definition) is 1. The summed E-state index contributed by atoms with van der Waals surface area (Å²) >= 11 is 0. The van der Waals surface area contributed by atoms with E-state index in [-0.39, 0.29) is 19.3 Å². The van der Waals surface area contributed by atoms with Crippen molar-refractivity contribution < 1.29 is 24.1 Å². The minimum Gasteiger partial charge on any atom is -0.445 e. The van der Waals surface area contributed by atoms with Gasteiger partial charge in [-0.3, -0.25) is 0 Å². The molecule has 3 aromatic carbocycles. The van der Waals surface area contributed by atoms with Crippen LogP contribution in [0.25, 0.3) is 0 Å². The van der Waals surface area contributed by atoms with Crippen molar-refractivity contribution in [2.45, 2.75) is 44.5 Å². The number of piperidine rings is 1. The Labute approximate surface area is 200 Å². The molecule has 0 saturated carbocycles. The second-order valence-electron chi connectivity index (χ2n) is 8.37. The van der Waals surface area contributed by atoms with Gasteiger partial charge < -0.3 is 24.2 Å². The van der Waals surface area contributed by atoms with Crippen LogP contribution in [0.5, 0.6) is 0 Å². The standard InChI is InChI=1S/C28H31NO5/c30-18-25-27(33-20-23-12-6-2-7-13-23)26(32-19-22-10-4-1-5-11-22)16-17-29(25)28(31)34-21-24-14-8-3-9-15-24/h1-15,25-27,30H,16-21H2/t25-,26-,27-/m1/s1. The molecule has 1 aliphatic heterocycles. The lowest BCUT2D eigenvalue weighted by Crippen LogP contribution is -2.59. The first-order valence-electron chi connectivity index (χ1n) is 11.6. The molecular weight excluding hydrogens is 430 g/mol. The largest absolute Gasteiger partial charge is 0.445 e. The molecule has 0 radical (unpaired) electrons. The number of carbonyl (C=O) groups is 1. The summed E-state index contributed by atoms with van der Waals surface area (Å²) in [4.78, 5) is 14.5. The molecule has 3 aromatic rings. The van der Waals surface area contributed by atoms with Gasteiger partial charge in [-0.1, -0.05) is 91.0 Å². The minimum absolute atomic E-state index is 0.178. The monoisotopic (exact) mass is 461 g/mol. The highest BCUT2D eigenvalue weighted by atomic mass is 16.6. The first-order valence-corrected chi connectivity index (χ1v) is 11.6. The van der Waals surface area contributed by atoms with Crippen LogP contribution in [0, 0.1) is 0 Å². The van der Waals surface area contributed by atoms with Crippen LogP contribution in [0.3, 0.4) is 0 Å². The molecule has 6 heteroatoms. The predicted octanol–water partition coefficient (Wildman–Crippen LogP) is 4.56. The predicted molar refractivity (Wildman–Crippen MR) is 129 cm³/mol. The number of rotatable bonds is 9. The maximum absolute atomic E-state index is 12.9. The van der Waals surface area contributed by atoms with Crippen LogP contribution in [0.2, 0.25) is 0 Å². The third kappa shape index (κ3) is 6.44. The van der Waals surface area contributed by atoms with Crippen molar-refractivity contribution in [2.24, 2.45) is 0 Å². The molecule has 178 valence electrons. The first kappa shape index (κ1) is 24.0. The molecule has 1 amide bonds. The van der Waals surface area contributed by atoms with Crippen molar-refractivity contribution in [3.8, 4) is 0 Å². The van der Waals surface area contributed by atoms with Gasteiger partial charge in [0.2, 0.25) is 0 Å². The van der Waals surface area contributed by atoms with Gasteiger partial charge in [-0.05, 0) is 23.1 Å². The van der Waals surface area contributed by atoms with Crippen LogP contribution in [0.1, 0.15) is 23.1 Å². The van der Waals surface area contributed by atoms with E-state index in [0.717, 1.165) is 16.7 Å². The Morgan fingerprint density at radius 1 is 0.765 bits per heavy atom. The Morgan fingerprint density at radius 2 is 1.26 bits per heavy atom. The van der Waals surface area contributed by atoms with Crippen LogP contribution >= 0.6 is 0 Å². The van der Waals surface area contributed by atoms with Crippen molar-refractivity contribution in [3.05, 3.63) is 108 Å². The molecule has 0 aliphatic carbocycles. The molecule has 0 aromatic heterocycles. The van der Waals surface area contributed by atoms with Gasteiger partial charge in [0.15, 0.2) is 0 Å². The summed E-state index contributed by atoms with van der Waals surface area (Å²) in [6, 6.07) is 28.8. The smallest absolute Gasteiger partial charge is 0.410 e. The number of aliphatic hydroxyl groups is 1. The molecule has 1 N–H and O–H groups in total. The topological polar surface area (TPSA) is 68.2 Å². The zero-order chi connectivity index (χ0) is 23.6. The van der Waals surface area contributed by atoms with Gasteiger partial charge >= 0.3 is 6.09 Å². The van der Waals surface area contributed by atoms with E-state index in [1.54, 1.807) is 4.90 Å². The third-order valence-corrected chi connectivity index (χ3v) is 6.02. The van der Waals surface area contributed by atoms with E-state index in [0.29, 0.717) is 26.2 Å². The molecule has 34 heavy (non-hydrogen) atoms. The molecule has 1 aliphatic rings. The van der Waals surface area contributed by atoms with E-state index in [2.05, 4.69) is 0 Å². The van der Waals surface area contributed by atoms with Crippen molar-refractivity contribution in [3.63, 3.8) is 0 Å². The summed E-state index contributed by atoms with van der Waals surface area (Å²) in [5.74, 6) is 0. The quantitative estimate of drug-likeness (QED) is 0.506. The number of ether oxygens (including phenoxy) is 3. The Morgan fingerprint density at radius 3 is 1.79 bits per heavy atom. The van der Waals surface area contributed by atoms with Crippen molar-refractivity contribution in [2.75, 3.05) is 13.2 Å². The molecular formula is C28H31NO5. The van der Waals surface area contributed by atoms with Crippen molar-refractivity contribution >= 4 is 6.09 Å². The number of carbonyl (C=O) groups excluding carboxylic acids is 1. The van der Waals surface area contributed by atoms with E-state index < -0.39 is 18.2 Å². The van der Waals surface area contributed by atoms with E-state index in [1.165, 1.54) is 0 Å². The minimum atomic E-state index is -0.568. The van der Waals surface area contributed by atoms with Gasteiger partial charge in [-0.25, -0.2) is 4.79 Å². The molecule has 1 heterocycles. The fourth-order valence-electron chi connectivity index (χ4n) is 4.19. The highest BCUT2D eigenvalue weighted by Crippen LogP contribution is 2.26. The van der Waals surface area contributed by atoms with Crippen molar-refractivity contribution in [1.82, 2.24) is 4.90 Å². The van der Waals surface area contributed by atoms with Gasteiger partial charge in [0, 0.05) is 6.54 Å². The van der Waals surface area contributed by atoms with E-state index in [4.69, 9.17) is 14.2 Å². The normalized spacial score (nSPS) is 20.1. The molecule has 6 nitrogen and oxygen atoms in total. The van der Waals surface area contributed by atoms with Crippen LogP contribution in [-0.4, -0.2) is 47.5 Å². The second kappa shape index (κ2) is 12.3. The Kier molecular flexibility index (Phi) is 8.68. The summed E-state index contributed by atoms with van der Waals surface area (Å²) in [5, 5.41) is 10.3. The molecule has 3 atom stereocenters. The summed E-state index contributed by atoms with van der Waals surface area (Å²) < 4.78 is 18.1. The molecule has 0 unspecified atom stereocenters. The fourth-order valence-corrected chi connectivity index (χ4v) is 4.19. The van der Waals surface area contributed by atoms with Gasteiger partial charge in [-0.2, -0.15) is 0 Å². The summed E-state index contributed by atoms with van der Waals surface area (Å²) in [7, 11) is 0. The van der Waals surface area contributed by atoms with E-state index >= 15 is 0 Å². The zero-order valence-corrected chi connectivity index (χ0v) is 19.2. The van der Waals surface area contributed by atoms with Crippen LogP contribution in [0.15, 0.2) is 91.0 Å². The number of hydrogen-bond acceptors (Lipinski definition) is 5. The number of amides is 1. The lowest BCUT2D eigenvalue weighted by molar-refractivity contribution is -0.147. The summed E-state index contributed by atoms with van der Waals surface area (Å²) in [6.07, 6.45) is -0.632. The second-order valence-corrected chi connectivity index (χ2v) is 8.37. The number of nitrogens with zero attached hydrogens (tertiary/aromatic N) is 1. The Hall–Kier alpha value is -3.19. The summed E-state index contributed by atoms with van der Waals surface area (Å²) in [6.45, 7) is 1.15. The number of benzene rings is 3. The SMILES string of the molecule is O=C(OCc1ccccc1)N1CC[C@@H](OCc2ccccc2)[C@H](OCc2ccccc2)[C@H]1CO. The van der Waals surface area contributed by atoms with E-state index in [9.17, 15) is 9.90 Å². The molecule has 1 saturated heterocycles. The van der Waals surface area contributed by atoms with Gasteiger partial charge in [-0.15, -0.1) is 0 Å². The zero-order valence-electron chi connectivity index (χ0n) is 19.2. The Balaban J connectivity index is 1.45. The average molecular weight is 462 g/mol. The lowest BCUT2D eigenvalue weighted by atomic mass is 9.96. The van der Waals surface area contributed by atoms with Gasteiger partial charge in [0.05, 0.1) is 32.0 Å². The van der Waals surface area contributed by atoms with E-state index in [1.807, 2.05) is 91.0 Å².